The van der Waals surface area contributed by atoms with Crippen molar-refractivity contribution in [2.75, 3.05) is 19.4 Å². The number of nitrogens with one attached hydrogen (secondary N) is 1. The number of hydrogen-bond donors (Lipinski definition) is 1. The fourth-order valence-corrected chi connectivity index (χ4v) is 3.28. The molecule has 26 heavy (non-hydrogen) atoms. The quantitative estimate of drug-likeness (QED) is 0.650. The van der Waals surface area contributed by atoms with Gasteiger partial charge in [-0.15, -0.1) is 11.3 Å². The molecule has 1 aliphatic rings. The summed E-state index contributed by atoms with van der Waals surface area (Å²) in [5.74, 6) is -0.0689. The van der Waals surface area contributed by atoms with Gasteiger partial charge in [-0.3, -0.25) is 9.59 Å². The van der Waals surface area contributed by atoms with Crippen LogP contribution in [0, 0.1) is 11.3 Å². The molecule has 1 aromatic carbocycles. The number of rotatable bonds is 5. The van der Waals surface area contributed by atoms with E-state index in [0.717, 1.165) is 17.8 Å². The molecule has 3 rings (SSSR count). The Kier molecular flexibility index (Phi) is 5.14. The van der Waals surface area contributed by atoms with Gasteiger partial charge in [0.25, 0.3) is 11.8 Å². The van der Waals surface area contributed by atoms with Gasteiger partial charge >= 0.3 is 0 Å². The topological polar surface area (TPSA) is 86.1 Å². The molecule has 0 atom stereocenters. The normalized spacial score (nSPS) is 13.8. The molecule has 2 amide bonds. The Morgan fingerprint density at radius 3 is 2.58 bits per heavy atom. The van der Waals surface area contributed by atoms with E-state index in [9.17, 15) is 14.9 Å². The summed E-state index contributed by atoms with van der Waals surface area (Å²) in [4.78, 5) is 30.1. The summed E-state index contributed by atoms with van der Waals surface area (Å²) < 4.78 is 0. The lowest BCUT2D eigenvalue weighted by molar-refractivity contribution is -0.112. The van der Waals surface area contributed by atoms with Gasteiger partial charge in [-0.05, 0) is 43.2 Å². The zero-order chi connectivity index (χ0) is 18.7. The minimum absolute atomic E-state index is 0.00825. The van der Waals surface area contributed by atoms with E-state index in [-0.39, 0.29) is 11.5 Å². The zero-order valence-electron chi connectivity index (χ0n) is 14.5. The number of benzene rings is 1. The summed E-state index contributed by atoms with van der Waals surface area (Å²) in [6.45, 7) is 0. The third-order valence-corrected chi connectivity index (χ3v) is 4.94. The second kappa shape index (κ2) is 7.50. The highest BCUT2D eigenvalue weighted by Gasteiger charge is 2.26. The lowest BCUT2D eigenvalue weighted by atomic mass is 10.1. The number of anilines is 1. The maximum Gasteiger partial charge on any atom is 0.266 e. The van der Waals surface area contributed by atoms with Gasteiger partial charge < -0.3 is 10.2 Å². The number of nitriles is 1. The standard InChI is InChI=1S/C19H18N4O2S/c1-23(2)19(25)13-5-7-15(8-6-13)21-17(24)14(10-20)9-16-11-26-18(22-16)12-3-4-12/h5-9,11-12H,3-4H2,1-2H3,(H,21,24)/b14-9+. The minimum Gasteiger partial charge on any atom is -0.345 e. The van der Waals surface area contributed by atoms with Crippen LogP contribution in [-0.2, 0) is 4.79 Å². The molecule has 1 fully saturated rings. The molecule has 1 N–H and O–H groups in total. The summed E-state index contributed by atoms with van der Waals surface area (Å²) in [6.07, 6.45) is 3.82. The summed E-state index contributed by atoms with van der Waals surface area (Å²) in [5.41, 5.74) is 1.67. The molecule has 0 spiro atoms. The second-order valence-corrected chi connectivity index (χ2v) is 7.18. The molecule has 1 aromatic heterocycles. The van der Waals surface area contributed by atoms with Gasteiger partial charge in [0.2, 0.25) is 0 Å². The van der Waals surface area contributed by atoms with Crippen molar-refractivity contribution in [2.24, 2.45) is 0 Å². The van der Waals surface area contributed by atoms with Crippen molar-refractivity contribution in [2.45, 2.75) is 18.8 Å². The Morgan fingerprint density at radius 2 is 2.00 bits per heavy atom. The predicted octanol–water partition coefficient (Wildman–Crippen LogP) is 3.27. The van der Waals surface area contributed by atoms with Crippen LogP contribution in [-0.4, -0.2) is 35.8 Å². The highest BCUT2D eigenvalue weighted by molar-refractivity contribution is 7.09. The average molecular weight is 366 g/mol. The molecule has 0 unspecified atom stereocenters. The Morgan fingerprint density at radius 1 is 1.31 bits per heavy atom. The van der Waals surface area contributed by atoms with Crippen LogP contribution in [0.5, 0.6) is 0 Å². The first-order chi connectivity index (χ1) is 12.5. The largest absolute Gasteiger partial charge is 0.345 e. The fraction of sp³-hybridized carbons (Fsp3) is 0.263. The maximum atomic E-state index is 12.3. The van der Waals surface area contributed by atoms with Gasteiger partial charge in [0.15, 0.2) is 0 Å². The number of carbonyl (C=O) groups excluding carboxylic acids is 2. The molecular weight excluding hydrogens is 348 g/mol. The highest BCUT2D eigenvalue weighted by atomic mass is 32.1. The monoisotopic (exact) mass is 366 g/mol. The highest BCUT2D eigenvalue weighted by Crippen LogP contribution is 2.41. The van der Waals surface area contributed by atoms with Crippen molar-refractivity contribution < 1.29 is 9.59 Å². The Hall–Kier alpha value is -2.98. The SMILES string of the molecule is CN(C)C(=O)c1ccc(NC(=O)/C(C#N)=C/c2csc(C3CC3)n2)cc1. The number of nitrogens with zero attached hydrogens (tertiary/aromatic N) is 3. The van der Waals surface area contributed by atoms with Crippen molar-refractivity contribution in [1.82, 2.24) is 9.88 Å². The number of thiazole rings is 1. The van der Waals surface area contributed by atoms with Crippen LogP contribution < -0.4 is 5.32 Å². The first kappa shape index (κ1) is 17.8. The number of hydrogen-bond acceptors (Lipinski definition) is 5. The van der Waals surface area contributed by atoms with Crippen molar-refractivity contribution >= 4 is 34.9 Å². The molecule has 0 bridgehead atoms. The van der Waals surface area contributed by atoms with E-state index >= 15 is 0 Å². The van der Waals surface area contributed by atoms with Gasteiger partial charge in [0.1, 0.15) is 11.6 Å². The first-order valence-corrected chi connectivity index (χ1v) is 9.06. The Balaban J connectivity index is 1.69. The lowest BCUT2D eigenvalue weighted by Gasteiger charge is -2.10. The van der Waals surface area contributed by atoms with Crippen LogP contribution in [0.1, 0.15) is 39.8 Å². The van der Waals surface area contributed by atoms with Crippen molar-refractivity contribution in [3.05, 3.63) is 51.5 Å². The van der Waals surface area contributed by atoms with Crippen molar-refractivity contribution in [1.29, 1.82) is 5.26 Å². The number of amides is 2. The van der Waals surface area contributed by atoms with Crippen LogP contribution in [0.3, 0.4) is 0 Å². The van der Waals surface area contributed by atoms with E-state index in [1.165, 1.54) is 11.0 Å². The summed E-state index contributed by atoms with van der Waals surface area (Å²) >= 11 is 1.56. The smallest absolute Gasteiger partial charge is 0.266 e. The van der Waals surface area contributed by atoms with Crippen LogP contribution >= 0.6 is 11.3 Å². The molecule has 7 heteroatoms. The van der Waals surface area contributed by atoms with E-state index < -0.39 is 5.91 Å². The molecule has 1 heterocycles. The van der Waals surface area contributed by atoms with E-state index in [1.54, 1.807) is 49.7 Å². The van der Waals surface area contributed by atoms with Crippen LogP contribution in [0.4, 0.5) is 5.69 Å². The maximum absolute atomic E-state index is 12.3. The molecule has 132 valence electrons. The summed E-state index contributed by atoms with van der Waals surface area (Å²) in [6, 6.07) is 8.47. The third kappa shape index (κ3) is 4.16. The first-order valence-electron chi connectivity index (χ1n) is 8.18. The van der Waals surface area contributed by atoms with E-state index in [1.807, 2.05) is 11.4 Å². The zero-order valence-corrected chi connectivity index (χ0v) is 15.3. The Bertz CT molecular complexity index is 902. The second-order valence-electron chi connectivity index (χ2n) is 6.29. The molecule has 1 saturated carbocycles. The van der Waals surface area contributed by atoms with E-state index in [4.69, 9.17) is 0 Å². The summed E-state index contributed by atoms with van der Waals surface area (Å²) in [5, 5.41) is 14.9. The van der Waals surface area contributed by atoms with Crippen LogP contribution in [0.15, 0.2) is 35.2 Å². The van der Waals surface area contributed by atoms with Crippen LogP contribution in [0.25, 0.3) is 6.08 Å². The van der Waals surface area contributed by atoms with E-state index in [0.29, 0.717) is 22.9 Å². The fourth-order valence-electron chi connectivity index (χ4n) is 2.33. The van der Waals surface area contributed by atoms with E-state index in [2.05, 4.69) is 10.3 Å². The molecule has 2 aromatic rings. The molecular formula is C19H18N4O2S. The molecule has 1 aliphatic carbocycles. The van der Waals surface area contributed by atoms with Gasteiger partial charge in [-0.25, -0.2) is 4.98 Å². The van der Waals surface area contributed by atoms with Gasteiger partial charge in [0, 0.05) is 36.6 Å². The lowest BCUT2D eigenvalue weighted by Crippen LogP contribution is -2.21. The van der Waals surface area contributed by atoms with Crippen molar-refractivity contribution in [3.8, 4) is 6.07 Å². The number of carbonyl (C=O) groups is 2. The van der Waals surface area contributed by atoms with Gasteiger partial charge in [-0.2, -0.15) is 5.26 Å². The van der Waals surface area contributed by atoms with Crippen LogP contribution in [0.2, 0.25) is 0 Å². The minimum atomic E-state index is -0.500. The molecule has 6 nitrogen and oxygen atoms in total. The molecule has 0 aliphatic heterocycles. The Labute approximate surface area is 155 Å². The average Bonchev–Trinajstić information content (AvgIpc) is 3.38. The molecule has 0 saturated heterocycles. The van der Waals surface area contributed by atoms with Gasteiger partial charge in [-0.1, -0.05) is 0 Å². The number of aromatic nitrogens is 1. The van der Waals surface area contributed by atoms with Gasteiger partial charge in [0.05, 0.1) is 10.7 Å². The third-order valence-electron chi connectivity index (χ3n) is 3.92. The molecule has 0 radical (unpaired) electrons. The van der Waals surface area contributed by atoms with Crippen molar-refractivity contribution in [3.63, 3.8) is 0 Å². The summed E-state index contributed by atoms with van der Waals surface area (Å²) in [7, 11) is 3.35. The predicted molar refractivity (Wildman–Crippen MR) is 101 cm³/mol.